The van der Waals surface area contributed by atoms with Crippen molar-refractivity contribution >= 4 is 53.1 Å². The molecule has 0 N–H and O–H groups in total. The second-order valence-corrected chi connectivity index (χ2v) is 13.8. The van der Waals surface area contributed by atoms with Crippen molar-refractivity contribution in [3.8, 4) is 56.4 Å². The van der Waals surface area contributed by atoms with Crippen LogP contribution >= 0.6 is 11.3 Å². The van der Waals surface area contributed by atoms with E-state index in [-0.39, 0.29) is 0 Å². The molecule has 4 heteroatoms. The van der Waals surface area contributed by atoms with Gasteiger partial charge in [0.15, 0.2) is 17.5 Å². The summed E-state index contributed by atoms with van der Waals surface area (Å²) >= 11 is 1.83. The molecule has 8 aromatic carbocycles. The van der Waals surface area contributed by atoms with Crippen molar-refractivity contribution in [1.29, 1.82) is 0 Å². The first-order valence-corrected chi connectivity index (χ1v) is 17.9. The molecule has 10 rings (SSSR count). The normalized spacial score (nSPS) is 11.5. The fourth-order valence-electron chi connectivity index (χ4n) is 7.29. The number of thiophene rings is 1. The van der Waals surface area contributed by atoms with Crippen LogP contribution in [-0.2, 0) is 0 Å². The van der Waals surface area contributed by atoms with Crippen molar-refractivity contribution < 1.29 is 0 Å². The van der Waals surface area contributed by atoms with Crippen LogP contribution in [0.15, 0.2) is 176 Å². The van der Waals surface area contributed by atoms with E-state index in [2.05, 4.69) is 140 Å². The molecule has 0 radical (unpaired) electrons. The molecule has 2 aromatic heterocycles. The van der Waals surface area contributed by atoms with Gasteiger partial charge in [0.2, 0.25) is 0 Å². The molecule has 0 amide bonds. The number of hydrogen-bond acceptors (Lipinski definition) is 4. The number of rotatable bonds is 5. The van der Waals surface area contributed by atoms with Gasteiger partial charge in [0, 0.05) is 36.9 Å². The fraction of sp³-hybridized carbons (Fsp3) is 0. The highest BCUT2D eigenvalue weighted by Crippen LogP contribution is 2.45. The van der Waals surface area contributed by atoms with Crippen LogP contribution in [0.5, 0.6) is 0 Å². The highest BCUT2D eigenvalue weighted by Gasteiger charge is 2.20. The van der Waals surface area contributed by atoms with Crippen LogP contribution in [0.3, 0.4) is 0 Å². The van der Waals surface area contributed by atoms with E-state index in [9.17, 15) is 0 Å². The molecule has 0 unspecified atom stereocenters. The summed E-state index contributed by atoms with van der Waals surface area (Å²) in [7, 11) is 0. The Labute approximate surface area is 299 Å². The van der Waals surface area contributed by atoms with E-state index in [1.165, 1.54) is 64.0 Å². The summed E-state index contributed by atoms with van der Waals surface area (Å²) in [5.74, 6) is 1.99. The van der Waals surface area contributed by atoms with Gasteiger partial charge in [-0.3, -0.25) is 0 Å². The largest absolute Gasteiger partial charge is 0.208 e. The molecule has 3 nitrogen and oxygen atoms in total. The molecule has 0 aliphatic rings. The molecule has 0 aliphatic carbocycles. The zero-order chi connectivity index (χ0) is 33.7. The van der Waals surface area contributed by atoms with Gasteiger partial charge in [-0.05, 0) is 62.0 Å². The Morgan fingerprint density at radius 3 is 1.53 bits per heavy atom. The van der Waals surface area contributed by atoms with Gasteiger partial charge in [-0.2, -0.15) is 0 Å². The van der Waals surface area contributed by atoms with E-state index < -0.39 is 0 Å². The third-order valence-corrected chi connectivity index (χ3v) is 10.9. The molecule has 0 saturated heterocycles. The maximum atomic E-state index is 5.11. The smallest absolute Gasteiger partial charge is 0.164 e. The summed E-state index contributed by atoms with van der Waals surface area (Å²) in [6.07, 6.45) is 0. The fourth-order valence-corrected chi connectivity index (χ4v) is 8.56. The Hall–Kier alpha value is -6.49. The molecule has 10 aromatic rings. The molecular weight excluding hydrogens is 639 g/mol. The molecule has 0 aliphatic heterocycles. The summed E-state index contributed by atoms with van der Waals surface area (Å²) in [6, 6.07) is 62.2. The number of benzene rings is 8. The first-order valence-electron chi connectivity index (χ1n) is 17.1. The van der Waals surface area contributed by atoms with Crippen LogP contribution in [0.4, 0.5) is 0 Å². The maximum Gasteiger partial charge on any atom is 0.164 e. The Bertz CT molecular complexity index is 2840. The monoisotopic (exact) mass is 667 g/mol. The minimum absolute atomic E-state index is 0.660. The lowest BCUT2D eigenvalue weighted by Gasteiger charge is -2.13. The lowest BCUT2D eigenvalue weighted by atomic mass is 9.92. The molecule has 0 saturated carbocycles. The highest BCUT2D eigenvalue weighted by atomic mass is 32.1. The SMILES string of the molecule is c1ccc(-c2nc(-c3ccccc3)nc(-c3ccc(-c4ccc(-c5cc6ccccc6c6ccccc56)cc4)c4sc5ccccc5c34)n2)cc1. The molecule has 51 heavy (non-hydrogen) atoms. The molecule has 0 spiro atoms. The second kappa shape index (κ2) is 12.1. The van der Waals surface area contributed by atoms with Crippen LogP contribution in [0.2, 0.25) is 0 Å². The van der Waals surface area contributed by atoms with E-state index >= 15 is 0 Å². The topological polar surface area (TPSA) is 38.7 Å². The van der Waals surface area contributed by atoms with Gasteiger partial charge in [-0.15, -0.1) is 11.3 Å². The van der Waals surface area contributed by atoms with Crippen molar-refractivity contribution in [2.75, 3.05) is 0 Å². The number of nitrogens with zero attached hydrogens (tertiary/aromatic N) is 3. The quantitative estimate of drug-likeness (QED) is 0.171. The van der Waals surface area contributed by atoms with Crippen molar-refractivity contribution in [3.63, 3.8) is 0 Å². The highest BCUT2D eigenvalue weighted by molar-refractivity contribution is 7.26. The van der Waals surface area contributed by atoms with E-state index in [0.717, 1.165) is 16.7 Å². The number of aromatic nitrogens is 3. The Kier molecular flexibility index (Phi) is 7.00. The van der Waals surface area contributed by atoms with E-state index in [1.807, 2.05) is 47.7 Å². The predicted molar refractivity (Wildman–Crippen MR) is 215 cm³/mol. The van der Waals surface area contributed by atoms with Crippen LogP contribution < -0.4 is 0 Å². The Balaban J connectivity index is 1.15. The van der Waals surface area contributed by atoms with Gasteiger partial charge < -0.3 is 0 Å². The first kappa shape index (κ1) is 29.4. The third kappa shape index (κ3) is 5.08. The van der Waals surface area contributed by atoms with Crippen LogP contribution in [0.1, 0.15) is 0 Å². The summed E-state index contributed by atoms with van der Waals surface area (Å²) in [4.78, 5) is 15.2. The molecule has 0 bridgehead atoms. The van der Waals surface area contributed by atoms with Gasteiger partial charge >= 0.3 is 0 Å². The second-order valence-electron chi connectivity index (χ2n) is 12.8. The standard InChI is InChI=1S/C47H29N3S/c1-3-13-32(14-4-1)45-48-46(33-15-5-2-6-16-33)50-47(49-45)40-28-27-36(44-43(40)39-21-11-12-22-42(39)51-44)30-23-25-31(26-24-30)41-29-34-17-7-8-18-35(34)37-19-9-10-20-38(37)41/h1-29H. The van der Waals surface area contributed by atoms with Gasteiger partial charge in [0.05, 0.1) is 0 Å². The zero-order valence-electron chi connectivity index (χ0n) is 27.5. The van der Waals surface area contributed by atoms with Crippen molar-refractivity contribution in [1.82, 2.24) is 15.0 Å². The van der Waals surface area contributed by atoms with Crippen LogP contribution in [-0.4, -0.2) is 15.0 Å². The molecule has 238 valence electrons. The average molecular weight is 668 g/mol. The van der Waals surface area contributed by atoms with Gasteiger partial charge in [0.1, 0.15) is 0 Å². The first-order chi connectivity index (χ1) is 25.3. The lowest BCUT2D eigenvalue weighted by molar-refractivity contribution is 1.08. The molecule has 0 fully saturated rings. The third-order valence-electron chi connectivity index (χ3n) is 9.74. The Morgan fingerprint density at radius 1 is 0.333 bits per heavy atom. The minimum Gasteiger partial charge on any atom is -0.208 e. The number of fused-ring (bicyclic) bond motifs is 6. The molecule has 2 heterocycles. The van der Waals surface area contributed by atoms with E-state index in [1.54, 1.807) is 0 Å². The predicted octanol–water partition coefficient (Wildman–Crippen LogP) is 12.9. The lowest BCUT2D eigenvalue weighted by Crippen LogP contribution is -2.00. The van der Waals surface area contributed by atoms with Crippen LogP contribution in [0, 0.1) is 0 Å². The van der Waals surface area contributed by atoms with Crippen LogP contribution in [0.25, 0.3) is 98.1 Å². The zero-order valence-corrected chi connectivity index (χ0v) is 28.3. The van der Waals surface area contributed by atoms with Crippen molar-refractivity contribution in [2.24, 2.45) is 0 Å². The van der Waals surface area contributed by atoms with Crippen molar-refractivity contribution in [2.45, 2.75) is 0 Å². The van der Waals surface area contributed by atoms with Crippen molar-refractivity contribution in [3.05, 3.63) is 176 Å². The summed E-state index contributed by atoms with van der Waals surface area (Å²) in [5, 5.41) is 7.45. The molecule has 0 atom stereocenters. The van der Waals surface area contributed by atoms with E-state index in [0.29, 0.717) is 17.5 Å². The van der Waals surface area contributed by atoms with E-state index in [4.69, 9.17) is 15.0 Å². The number of hydrogen-bond donors (Lipinski definition) is 0. The summed E-state index contributed by atoms with van der Waals surface area (Å²) in [6.45, 7) is 0. The van der Waals surface area contributed by atoms with Gasteiger partial charge in [-0.25, -0.2) is 15.0 Å². The summed E-state index contributed by atoms with van der Waals surface area (Å²) < 4.78 is 2.46. The van der Waals surface area contributed by atoms with Gasteiger partial charge in [0.25, 0.3) is 0 Å². The summed E-state index contributed by atoms with van der Waals surface area (Å²) in [5.41, 5.74) is 7.75. The Morgan fingerprint density at radius 2 is 0.843 bits per heavy atom. The minimum atomic E-state index is 0.660. The maximum absolute atomic E-state index is 5.11. The van der Waals surface area contributed by atoms with Gasteiger partial charge in [-0.1, -0.05) is 158 Å². The average Bonchev–Trinajstić information content (AvgIpc) is 3.61. The molecular formula is C47H29N3S.